The van der Waals surface area contributed by atoms with Gasteiger partial charge in [-0.05, 0) is 237 Å². The number of benzene rings is 12. The highest BCUT2D eigenvalue weighted by Crippen LogP contribution is 2.43. The minimum Gasteiger partial charge on any atom is -0.478 e. The summed E-state index contributed by atoms with van der Waals surface area (Å²) < 4.78 is 25.1. The second kappa shape index (κ2) is 21.9. The second-order valence-electron chi connectivity index (χ2n) is 23.0. The summed E-state index contributed by atoms with van der Waals surface area (Å²) in [6, 6.07) is 63.4. The molecule has 458 valence electrons. The lowest BCUT2D eigenvalue weighted by molar-refractivity contribution is 0.0686. The minimum absolute atomic E-state index is 0.130. The van der Waals surface area contributed by atoms with E-state index < -0.39 is 23.9 Å². The Bertz CT molecular complexity index is 5720. The number of hydrogen-bond acceptors (Lipinski definition) is 14. The van der Waals surface area contributed by atoms with Gasteiger partial charge in [0.25, 0.3) is 0 Å². The molecule has 17 rings (SSSR count). The van der Waals surface area contributed by atoms with E-state index >= 15 is 0 Å². The lowest BCUT2D eigenvalue weighted by Gasteiger charge is -2.09. The highest BCUT2D eigenvalue weighted by atomic mass is 16.5. The molecule has 0 fully saturated rings. The van der Waals surface area contributed by atoms with Crippen LogP contribution >= 0.6 is 0 Å². The van der Waals surface area contributed by atoms with Crippen molar-refractivity contribution in [2.24, 2.45) is 0 Å². The monoisotopic (exact) mass is 1260 g/mol. The molecular formula is C76H42N8O12. The quantitative estimate of drug-likeness (QED) is 0.0662. The molecule has 15 aromatic rings. The maximum absolute atomic E-state index is 11.7. The van der Waals surface area contributed by atoms with Crippen LogP contribution in [0.4, 0.5) is 0 Å². The molecule has 96 heavy (non-hydrogen) atoms. The number of rotatable bonds is 12. The Kier molecular flexibility index (Phi) is 12.8. The fourth-order valence-electron chi connectivity index (χ4n) is 12.1. The summed E-state index contributed by atoms with van der Waals surface area (Å²) in [6.45, 7) is 0. The van der Waals surface area contributed by atoms with Crippen LogP contribution in [0.2, 0.25) is 0 Å². The Morgan fingerprint density at radius 1 is 0.240 bits per heavy atom. The van der Waals surface area contributed by atoms with Crippen molar-refractivity contribution in [3.8, 4) is 91.5 Å². The first-order valence-corrected chi connectivity index (χ1v) is 29.9. The molecular weight excluding hydrogens is 1220 g/mol. The number of H-pyrrole nitrogens is 2. The number of nitrogens with one attached hydrogen (secondary N) is 2. The van der Waals surface area contributed by atoms with Crippen LogP contribution in [0.15, 0.2) is 218 Å². The molecule has 6 N–H and O–H groups in total. The normalized spacial score (nSPS) is 11.7. The van der Waals surface area contributed by atoms with Crippen LogP contribution < -0.4 is 18.9 Å². The van der Waals surface area contributed by atoms with E-state index in [1.54, 1.807) is 48.5 Å². The largest absolute Gasteiger partial charge is 0.478 e. The van der Waals surface area contributed by atoms with Crippen molar-refractivity contribution < 1.29 is 58.6 Å². The number of aromatic carboxylic acids is 4. The van der Waals surface area contributed by atoms with Crippen molar-refractivity contribution in [3.05, 3.63) is 241 Å². The highest BCUT2D eigenvalue weighted by Gasteiger charge is 2.25. The molecule has 8 bridgehead atoms. The summed E-state index contributed by atoms with van der Waals surface area (Å²) in [7, 11) is 0. The molecule has 12 aromatic carbocycles. The van der Waals surface area contributed by atoms with Gasteiger partial charge in [0, 0.05) is 43.8 Å². The number of aromatic amines is 2. The van der Waals surface area contributed by atoms with Crippen LogP contribution in [0, 0.1) is 0 Å². The van der Waals surface area contributed by atoms with Gasteiger partial charge in [-0.3, -0.25) is 0 Å². The smallest absolute Gasteiger partial charge is 0.335 e. The number of hydrogen-bond donors (Lipinski definition) is 6. The summed E-state index contributed by atoms with van der Waals surface area (Å²) >= 11 is 0. The zero-order valence-corrected chi connectivity index (χ0v) is 49.5. The molecule has 0 saturated carbocycles. The van der Waals surface area contributed by atoms with Crippen LogP contribution in [0.25, 0.3) is 133 Å². The third-order valence-corrected chi connectivity index (χ3v) is 16.9. The molecule has 5 heterocycles. The number of ether oxygens (including phenoxy) is 4. The Morgan fingerprint density at radius 2 is 0.448 bits per heavy atom. The molecule has 0 spiro atoms. The van der Waals surface area contributed by atoms with E-state index in [4.69, 9.17) is 48.9 Å². The molecule has 20 heteroatoms. The van der Waals surface area contributed by atoms with Crippen molar-refractivity contribution >= 4 is 111 Å². The first kappa shape index (κ1) is 56.1. The van der Waals surface area contributed by atoms with Gasteiger partial charge < -0.3 is 49.3 Å². The Balaban J connectivity index is 0.896. The summed E-state index contributed by atoms with van der Waals surface area (Å²) in [5.41, 5.74) is 4.87. The fraction of sp³-hybridized carbons (Fsp3) is 0. The number of carboxylic acid groups (broad SMARTS) is 4. The SMILES string of the molecule is O=C(O)c1ccc(Oc2ccc3cc4c(cc3c2)-c2nc-4nc3[nH]c(nc4nc(nc5[nH]c(n2)c2cc6ccc(Oc7ccc(C(=O)O)cc7)cc6cc52)-c2cc5ccc(Oc6ccc(C(=O)O)cc6)cc5cc2-4)c2cc4ccc(Oc5ccc(C(=O)O)cc5)cc4cc32)cc1. The van der Waals surface area contributed by atoms with E-state index in [2.05, 4.69) is 9.97 Å². The lowest BCUT2D eigenvalue weighted by atomic mass is 10.0. The molecule has 0 amide bonds. The van der Waals surface area contributed by atoms with E-state index in [1.807, 2.05) is 121 Å². The van der Waals surface area contributed by atoms with Crippen molar-refractivity contribution in [2.45, 2.75) is 0 Å². The Hall–Kier alpha value is -13.9. The third-order valence-electron chi connectivity index (χ3n) is 16.9. The standard InChI is InChI=1S/C76H42N8O12/c85-73(86)37-1-13-49(14-2-37)93-53-21-9-41-29-57-61(33-45(41)25-53)69-77-65(57)82-70-63-35-47-27-55(95-51-17-5-39(6-18-51)75(89)90)23-11-43(47)31-59(63)67(79-70)84-72-64-36-48-28-56(96-52-19-7-40(8-20-52)76(91)92)24-12-44(48)32-60(64)68(80-72)83-71-62-34-46-26-54(94-50-15-3-38(4-16-50)74(87)88)22-10-42(46)30-58(62)66(78-71)81-69/h1-36H,(H,85,86)(H,87,88)(H,89,90)(H,91,92)(H2,77,78,79,80,81,82,83,84). The van der Waals surface area contributed by atoms with E-state index in [-0.39, 0.29) is 22.3 Å². The summed E-state index contributed by atoms with van der Waals surface area (Å²) in [6.07, 6.45) is 0. The number of carboxylic acids is 4. The van der Waals surface area contributed by atoms with E-state index in [0.717, 1.165) is 43.1 Å². The van der Waals surface area contributed by atoms with Gasteiger partial charge in [0.1, 0.15) is 68.6 Å². The number of fused-ring (bicyclic) bond motifs is 24. The van der Waals surface area contributed by atoms with Crippen LogP contribution in [-0.4, -0.2) is 84.2 Å². The topological polar surface area (TPSA) is 295 Å². The van der Waals surface area contributed by atoms with Crippen molar-refractivity contribution in [1.29, 1.82) is 0 Å². The van der Waals surface area contributed by atoms with Crippen LogP contribution in [-0.2, 0) is 0 Å². The van der Waals surface area contributed by atoms with Gasteiger partial charge in [-0.2, -0.15) is 0 Å². The van der Waals surface area contributed by atoms with Gasteiger partial charge in [0.2, 0.25) is 0 Å². The molecule has 2 aliphatic heterocycles. The molecule has 0 atom stereocenters. The first-order valence-electron chi connectivity index (χ1n) is 29.9. The molecule has 0 radical (unpaired) electrons. The lowest BCUT2D eigenvalue weighted by Crippen LogP contribution is -1.95. The van der Waals surface area contributed by atoms with Gasteiger partial charge >= 0.3 is 23.9 Å². The van der Waals surface area contributed by atoms with Crippen LogP contribution in [0.5, 0.6) is 46.0 Å². The van der Waals surface area contributed by atoms with Crippen molar-refractivity contribution in [3.63, 3.8) is 0 Å². The molecule has 3 aromatic heterocycles. The molecule has 0 aliphatic carbocycles. The Labute approximate surface area is 539 Å². The fourth-order valence-corrected chi connectivity index (χ4v) is 12.1. The molecule has 20 nitrogen and oxygen atoms in total. The van der Waals surface area contributed by atoms with Crippen LogP contribution in [0.3, 0.4) is 0 Å². The number of nitrogens with zero attached hydrogens (tertiary/aromatic N) is 6. The van der Waals surface area contributed by atoms with Gasteiger partial charge in [-0.15, -0.1) is 0 Å². The van der Waals surface area contributed by atoms with Crippen molar-refractivity contribution in [1.82, 2.24) is 39.9 Å². The minimum atomic E-state index is -1.05. The molecule has 0 unspecified atom stereocenters. The summed E-state index contributed by atoms with van der Waals surface area (Å²) in [4.78, 5) is 85.9. The predicted molar refractivity (Wildman–Crippen MR) is 360 cm³/mol. The molecule has 2 aliphatic rings. The van der Waals surface area contributed by atoms with Gasteiger partial charge in [0.15, 0.2) is 23.3 Å². The van der Waals surface area contributed by atoms with E-state index in [0.29, 0.717) is 136 Å². The maximum Gasteiger partial charge on any atom is 0.335 e. The number of carbonyl (C=O) groups is 4. The molecule has 0 saturated heterocycles. The zero-order valence-electron chi connectivity index (χ0n) is 49.5. The Morgan fingerprint density at radius 3 is 0.698 bits per heavy atom. The van der Waals surface area contributed by atoms with Gasteiger partial charge in [-0.1, -0.05) is 24.3 Å². The van der Waals surface area contributed by atoms with E-state index in [9.17, 15) is 39.6 Å². The van der Waals surface area contributed by atoms with Gasteiger partial charge in [0.05, 0.1) is 22.3 Å². The highest BCUT2D eigenvalue weighted by molar-refractivity contribution is 6.13. The average Bonchev–Trinajstić information content (AvgIpc) is 1.59. The maximum atomic E-state index is 11.7. The summed E-state index contributed by atoms with van der Waals surface area (Å²) in [5.74, 6) is 0.986. The first-order chi connectivity index (χ1) is 46.7. The second-order valence-corrected chi connectivity index (χ2v) is 23.0. The van der Waals surface area contributed by atoms with Crippen molar-refractivity contribution in [2.75, 3.05) is 0 Å². The van der Waals surface area contributed by atoms with Gasteiger partial charge in [-0.25, -0.2) is 49.1 Å². The predicted octanol–water partition coefficient (Wildman–Crippen LogP) is 17.4. The zero-order chi connectivity index (χ0) is 65.0. The van der Waals surface area contributed by atoms with Crippen LogP contribution in [0.1, 0.15) is 41.4 Å². The average molecular weight is 1260 g/mol. The number of aromatic nitrogens is 8. The third kappa shape index (κ3) is 10.2. The van der Waals surface area contributed by atoms with E-state index in [1.165, 1.54) is 48.5 Å². The summed E-state index contributed by atoms with van der Waals surface area (Å²) in [5, 5.41) is 47.5.